The summed E-state index contributed by atoms with van der Waals surface area (Å²) in [6.07, 6.45) is 0. The molecule has 1 rings (SSSR count). The van der Waals surface area contributed by atoms with E-state index in [9.17, 15) is 0 Å². The number of rotatable bonds is 7. The molecule has 0 atom stereocenters. The molecule has 1 N–H and O–H groups in total. The zero-order chi connectivity index (χ0) is 14.6. The van der Waals surface area contributed by atoms with Crippen molar-refractivity contribution < 1.29 is 4.74 Å². The first-order valence-electron chi connectivity index (χ1n) is 7.15. The normalized spacial score (nSPS) is 12.7. The second-order valence-corrected chi connectivity index (χ2v) is 7.04. The molecule has 4 heteroatoms. The van der Waals surface area contributed by atoms with Crippen molar-refractivity contribution in [2.75, 3.05) is 6.61 Å². The molecule has 1 heterocycles. The quantitative estimate of drug-likeness (QED) is 0.820. The molecule has 0 aliphatic heterocycles. The SMILES string of the molecule is CCOC(C)(C)c1nc(C(C)C)c(CNC(C)C)s1. The van der Waals surface area contributed by atoms with Gasteiger partial charge in [-0.25, -0.2) is 4.98 Å². The topological polar surface area (TPSA) is 34.1 Å². The largest absolute Gasteiger partial charge is 0.369 e. The van der Waals surface area contributed by atoms with Gasteiger partial charge in [0.2, 0.25) is 0 Å². The Balaban J connectivity index is 3.00. The van der Waals surface area contributed by atoms with Crippen LogP contribution >= 0.6 is 11.3 Å². The predicted octanol–water partition coefficient (Wildman–Crippen LogP) is 4.04. The summed E-state index contributed by atoms with van der Waals surface area (Å²) in [4.78, 5) is 6.17. The van der Waals surface area contributed by atoms with E-state index in [1.807, 2.05) is 6.92 Å². The fourth-order valence-electron chi connectivity index (χ4n) is 1.92. The Morgan fingerprint density at radius 3 is 2.37 bits per heavy atom. The summed E-state index contributed by atoms with van der Waals surface area (Å²) in [6, 6.07) is 0.491. The van der Waals surface area contributed by atoms with Crippen LogP contribution in [0, 0.1) is 0 Å². The fraction of sp³-hybridized carbons (Fsp3) is 0.800. The van der Waals surface area contributed by atoms with E-state index in [0.717, 1.165) is 11.6 Å². The van der Waals surface area contributed by atoms with E-state index in [1.165, 1.54) is 10.6 Å². The van der Waals surface area contributed by atoms with Gasteiger partial charge >= 0.3 is 0 Å². The Kier molecular flexibility index (Phi) is 5.96. The molecule has 0 saturated heterocycles. The van der Waals surface area contributed by atoms with Crippen LogP contribution in [0.4, 0.5) is 0 Å². The molecule has 0 bridgehead atoms. The van der Waals surface area contributed by atoms with E-state index in [2.05, 4.69) is 46.9 Å². The van der Waals surface area contributed by atoms with Gasteiger partial charge in [0.25, 0.3) is 0 Å². The van der Waals surface area contributed by atoms with Crippen LogP contribution < -0.4 is 5.32 Å². The van der Waals surface area contributed by atoms with Crippen LogP contribution in [0.25, 0.3) is 0 Å². The third-order valence-electron chi connectivity index (χ3n) is 2.97. The van der Waals surface area contributed by atoms with Gasteiger partial charge in [0, 0.05) is 24.1 Å². The van der Waals surface area contributed by atoms with Gasteiger partial charge in [-0.3, -0.25) is 0 Å². The number of nitrogens with zero attached hydrogens (tertiary/aromatic N) is 1. The summed E-state index contributed by atoms with van der Waals surface area (Å²) < 4.78 is 5.82. The van der Waals surface area contributed by atoms with E-state index in [4.69, 9.17) is 9.72 Å². The highest BCUT2D eigenvalue weighted by molar-refractivity contribution is 7.11. The van der Waals surface area contributed by atoms with Crippen molar-refractivity contribution in [3.05, 3.63) is 15.6 Å². The van der Waals surface area contributed by atoms with E-state index >= 15 is 0 Å². The minimum Gasteiger partial charge on any atom is -0.369 e. The van der Waals surface area contributed by atoms with Gasteiger partial charge in [-0.2, -0.15) is 0 Å². The molecule has 0 fully saturated rings. The Bertz CT molecular complexity index is 397. The smallest absolute Gasteiger partial charge is 0.125 e. The highest BCUT2D eigenvalue weighted by Gasteiger charge is 2.27. The molecule has 19 heavy (non-hydrogen) atoms. The molecular formula is C15H28N2OS. The Morgan fingerprint density at radius 2 is 1.89 bits per heavy atom. The number of aromatic nitrogens is 1. The van der Waals surface area contributed by atoms with Gasteiger partial charge in [0.15, 0.2) is 0 Å². The van der Waals surface area contributed by atoms with Crippen LogP contribution in [-0.4, -0.2) is 17.6 Å². The predicted molar refractivity (Wildman–Crippen MR) is 82.8 cm³/mol. The van der Waals surface area contributed by atoms with E-state index < -0.39 is 0 Å². The summed E-state index contributed by atoms with van der Waals surface area (Å²) >= 11 is 1.78. The van der Waals surface area contributed by atoms with Gasteiger partial charge in [0.05, 0.1) is 5.69 Å². The molecular weight excluding hydrogens is 256 g/mol. The molecule has 110 valence electrons. The van der Waals surface area contributed by atoms with Gasteiger partial charge in [0.1, 0.15) is 10.6 Å². The van der Waals surface area contributed by atoms with Crippen molar-refractivity contribution in [1.82, 2.24) is 10.3 Å². The maximum absolute atomic E-state index is 5.82. The number of nitrogens with one attached hydrogen (secondary N) is 1. The standard InChI is InChI=1S/C15H28N2OS/c1-8-18-15(6,7)14-17-13(10(2)3)12(19-14)9-16-11(4)5/h10-11,16H,8-9H2,1-7H3. The van der Waals surface area contributed by atoms with Gasteiger partial charge in [-0.1, -0.05) is 27.7 Å². The summed E-state index contributed by atoms with van der Waals surface area (Å²) in [5.41, 5.74) is 0.917. The minimum atomic E-state index is -0.293. The molecule has 0 radical (unpaired) electrons. The zero-order valence-corrected chi connectivity index (χ0v) is 14.1. The lowest BCUT2D eigenvalue weighted by Crippen LogP contribution is -2.22. The summed E-state index contributed by atoms with van der Waals surface area (Å²) in [7, 11) is 0. The molecule has 0 amide bonds. The zero-order valence-electron chi connectivity index (χ0n) is 13.3. The van der Waals surface area contributed by atoms with Gasteiger partial charge in [-0.15, -0.1) is 11.3 Å². The van der Waals surface area contributed by atoms with Crippen molar-refractivity contribution in [2.24, 2.45) is 0 Å². The average Bonchev–Trinajstić information content (AvgIpc) is 2.70. The number of ether oxygens (including phenoxy) is 1. The Hall–Kier alpha value is -0.450. The first kappa shape index (κ1) is 16.6. The molecule has 3 nitrogen and oxygen atoms in total. The van der Waals surface area contributed by atoms with Crippen molar-refractivity contribution >= 4 is 11.3 Å². The number of hydrogen-bond acceptors (Lipinski definition) is 4. The van der Waals surface area contributed by atoms with Crippen LogP contribution in [0.5, 0.6) is 0 Å². The minimum absolute atomic E-state index is 0.293. The number of hydrogen-bond donors (Lipinski definition) is 1. The first-order chi connectivity index (χ1) is 8.77. The number of thiazole rings is 1. The first-order valence-corrected chi connectivity index (χ1v) is 7.97. The lowest BCUT2D eigenvalue weighted by molar-refractivity contribution is -0.0142. The third-order valence-corrected chi connectivity index (χ3v) is 4.34. The van der Waals surface area contributed by atoms with E-state index in [0.29, 0.717) is 18.6 Å². The van der Waals surface area contributed by atoms with Crippen LogP contribution in [0.3, 0.4) is 0 Å². The average molecular weight is 284 g/mol. The molecule has 0 spiro atoms. The van der Waals surface area contributed by atoms with Crippen molar-refractivity contribution in [3.8, 4) is 0 Å². The maximum atomic E-state index is 5.82. The highest BCUT2D eigenvalue weighted by atomic mass is 32.1. The summed E-state index contributed by atoms with van der Waals surface area (Å²) in [6.45, 7) is 16.6. The van der Waals surface area contributed by atoms with Gasteiger partial charge < -0.3 is 10.1 Å². The highest BCUT2D eigenvalue weighted by Crippen LogP contribution is 2.33. The Labute approximate surface area is 121 Å². The van der Waals surface area contributed by atoms with Crippen molar-refractivity contribution in [1.29, 1.82) is 0 Å². The van der Waals surface area contributed by atoms with Crippen LogP contribution in [0.1, 0.15) is 70.0 Å². The molecule has 1 aromatic heterocycles. The van der Waals surface area contributed by atoms with E-state index in [-0.39, 0.29) is 5.60 Å². The Morgan fingerprint density at radius 1 is 1.26 bits per heavy atom. The summed E-state index contributed by atoms with van der Waals surface area (Å²) in [5, 5.41) is 4.57. The lowest BCUT2D eigenvalue weighted by atomic mass is 10.1. The second kappa shape index (κ2) is 6.82. The van der Waals surface area contributed by atoms with Crippen LogP contribution in [-0.2, 0) is 16.9 Å². The van der Waals surface area contributed by atoms with Gasteiger partial charge in [-0.05, 0) is 26.7 Å². The second-order valence-electron chi connectivity index (χ2n) is 5.96. The maximum Gasteiger partial charge on any atom is 0.125 e. The lowest BCUT2D eigenvalue weighted by Gasteiger charge is -2.21. The molecule has 0 saturated carbocycles. The van der Waals surface area contributed by atoms with Crippen LogP contribution in [0.15, 0.2) is 0 Å². The van der Waals surface area contributed by atoms with E-state index in [1.54, 1.807) is 11.3 Å². The summed E-state index contributed by atoms with van der Waals surface area (Å²) in [5.74, 6) is 0.450. The molecule has 0 aliphatic rings. The molecule has 0 aromatic carbocycles. The van der Waals surface area contributed by atoms with Crippen LogP contribution in [0.2, 0.25) is 0 Å². The molecule has 0 unspecified atom stereocenters. The molecule has 0 aliphatic carbocycles. The van der Waals surface area contributed by atoms with Crippen molar-refractivity contribution in [2.45, 2.75) is 72.6 Å². The third kappa shape index (κ3) is 4.55. The monoisotopic (exact) mass is 284 g/mol. The van der Waals surface area contributed by atoms with Crippen molar-refractivity contribution in [3.63, 3.8) is 0 Å². The molecule has 1 aromatic rings. The fourth-order valence-corrected chi connectivity index (χ4v) is 3.14.